The molecule has 1 aliphatic heterocycles. The molecule has 2 aromatic carbocycles. The Morgan fingerprint density at radius 3 is 2.13 bits per heavy atom. The second-order valence-corrected chi connectivity index (χ2v) is 14.4. The first-order valence-electron chi connectivity index (χ1n) is 15.8. The number of pyridine rings is 2. The normalized spacial score (nSPS) is 16.5. The Labute approximate surface area is 264 Å². The van der Waals surface area contributed by atoms with Crippen LogP contribution in [0.1, 0.15) is 83.1 Å². The predicted molar refractivity (Wildman–Crippen MR) is 177 cm³/mol. The maximum atomic E-state index is 12.6. The van der Waals surface area contributed by atoms with Gasteiger partial charge in [0.1, 0.15) is 0 Å². The van der Waals surface area contributed by atoms with Gasteiger partial charge in [0.25, 0.3) is 5.52 Å². The molecule has 6 nitrogen and oxygen atoms in total. The van der Waals surface area contributed by atoms with Gasteiger partial charge in [-0.1, -0.05) is 65.8 Å². The molecule has 0 saturated carbocycles. The average Bonchev–Trinajstić information content (AvgIpc) is 3.02. The fraction of sp³-hybridized carbons (Fsp3) is 0.308. The minimum atomic E-state index is -0.335. The number of hydrogen-bond donors (Lipinski definition) is 0. The summed E-state index contributed by atoms with van der Waals surface area (Å²) in [4.78, 5) is 23.0. The van der Waals surface area contributed by atoms with Crippen molar-refractivity contribution >= 4 is 16.3 Å². The topological polar surface area (TPSA) is 64.0 Å². The van der Waals surface area contributed by atoms with Crippen molar-refractivity contribution in [1.82, 2.24) is 9.97 Å². The lowest BCUT2D eigenvalue weighted by molar-refractivity contribution is -0.715. The van der Waals surface area contributed by atoms with Crippen LogP contribution in [-0.2, 0) is 17.3 Å². The zero-order valence-electron chi connectivity index (χ0n) is 27.1. The molecule has 0 amide bonds. The van der Waals surface area contributed by atoms with E-state index in [4.69, 9.17) is 14.4 Å². The molecule has 0 aliphatic carbocycles. The summed E-state index contributed by atoms with van der Waals surface area (Å²) in [7, 11) is 0. The number of nitrogens with zero attached hydrogens (tertiary/aromatic N) is 4. The van der Waals surface area contributed by atoms with Crippen LogP contribution >= 0.6 is 0 Å². The molecule has 0 bridgehead atoms. The molecule has 0 spiro atoms. The highest BCUT2D eigenvalue weighted by Crippen LogP contribution is 2.46. The summed E-state index contributed by atoms with van der Waals surface area (Å²) in [6, 6.07) is 25.4. The first kappa shape index (κ1) is 29.0. The lowest BCUT2D eigenvalue weighted by Crippen LogP contribution is -2.47. The molecule has 5 heterocycles. The maximum Gasteiger partial charge on any atom is 0.409 e. The quantitative estimate of drug-likeness (QED) is 0.199. The van der Waals surface area contributed by atoms with Crippen molar-refractivity contribution < 1.29 is 13.4 Å². The van der Waals surface area contributed by atoms with E-state index in [1.807, 2.05) is 28.8 Å². The standard InChI is InChI=1S/C39H40N4O2/c1-24-28(20-25-23-45-37(44)32-17-11-13-19-43(25)32)35-27-15-9-8-14-26(27)29(21-30(35)31-16-10-12-18-42(24)31)36-40-33(38(2,3)4)22-34(41-36)39(5,6)7/h8-19,21-24,28H,20H2,1-7H3/q+2. The van der Waals surface area contributed by atoms with E-state index in [2.05, 4.69) is 114 Å². The zero-order chi connectivity index (χ0) is 31.7. The van der Waals surface area contributed by atoms with Crippen molar-refractivity contribution in [3.63, 3.8) is 0 Å². The van der Waals surface area contributed by atoms with Crippen LogP contribution in [-0.4, -0.2) is 9.97 Å². The van der Waals surface area contributed by atoms with Crippen molar-refractivity contribution in [1.29, 1.82) is 0 Å². The highest BCUT2D eigenvalue weighted by Gasteiger charge is 2.40. The molecule has 1 aliphatic rings. The predicted octanol–water partition coefficient (Wildman–Crippen LogP) is 7.44. The molecule has 0 radical (unpaired) electrons. The van der Waals surface area contributed by atoms with Crippen LogP contribution in [0, 0.1) is 0 Å². The van der Waals surface area contributed by atoms with Crippen LogP contribution in [0.3, 0.4) is 0 Å². The van der Waals surface area contributed by atoms with Gasteiger partial charge < -0.3 is 4.42 Å². The second kappa shape index (κ2) is 10.4. The number of aromatic nitrogens is 4. The van der Waals surface area contributed by atoms with Gasteiger partial charge in [-0.2, -0.15) is 8.97 Å². The minimum absolute atomic E-state index is 0.106. The van der Waals surface area contributed by atoms with E-state index in [1.165, 1.54) is 22.2 Å². The van der Waals surface area contributed by atoms with E-state index in [-0.39, 0.29) is 28.4 Å². The van der Waals surface area contributed by atoms with Crippen molar-refractivity contribution in [2.24, 2.45) is 0 Å². The number of rotatable bonds is 3. The molecule has 226 valence electrons. The smallest absolute Gasteiger partial charge is 0.409 e. The molecule has 6 aromatic rings. The van der Waals surface area contributed by atoms with Crippen LogP contribution in [0.4, 0.5) is 0 Å². The SMILES string of the molecule is CC1C(Cc2coc(=O)c3cccc[n+]23)c2c(cc(-c3nc(C(C)(C)C)cc(C(C)(C)C)n3)c3ccccc23)-c2cccc[n+]21. The largest absolute Gasteiger partial charge is 0.420 e. The first-order valence-corrected chi connectivity index (χ1v) is 15.8. The number of benzene rings is 2. The fourth-order valence-electron chi connectivity index (χ4n) is 6.75. The zero-order valence-corrected chi connectivity index (χ0v) is 27.1. The van der Waals surface area contributed by atoms with Gasteiger partial charge in [0.15, 0.2) is 30.5 Å². The van der Waals surface area contributed by atoms with E-state index in [0.29, 0.717) is 11.9 Å². The summed E-state index contributed by atoms with van der Waals surface area (Å²) in [5, 5.41) is 2.34. The summed E-state index contributed by atoms with van der Waals surface area (Å²) in [6.07, 6.45) is 6.45. The fourth-order valence-corrected chi connectivity index (χ4v) is 6.75. The molecule has 4 aromatic heterocycles. The highest BCUT2D eigenvalue weighted by molar-refractivity contribution is 6.01. The van der Waals surface area contributed by atoms with Gasteiger partial charge >= 0.3 is 5.63 Å². The van der Waals surface area contributed by atoms with E-state index in [0.717, 1.165) is 33.9 Å². The van der Waals surface area contributed by atoms with E-state index in [1.54, 1.807) is 6.26 Å². The molecule has 2 atom stereocenters. The second-order valence-electron chi connectivity index (χ2n) is 14.4. The summed E-state index contributed by atoms with van der Waals surface area (Å²) in [5.41, 5.74) is 7.66. The van der Waals surface area contributed by atoms with Crippen molar-refractivity contribution in [3.8, 4) is 22.6 Å². The van der Waals surface area contributed by atoms with Crippen LogP contribution in [0.2, 0.25) is 0 Å². The molecule has 2 unspecified atom stereocenters. The third-order valence-electron chi connectivity index (χ3n) is 9.26. The molecule has 0 N–H and O–H groups in total. The van der Waals surface area contributed by atoms with Crippen LogP contribution in [0.15, 0.2) is 101 Å². The number of hydrogen-bond acceptors (Lipinski definition) is 4. The van der Waals surface area contributed by atoms with E-state index in [9.17, 15) is 4.79 Å². The Hall–Kier alpha value is -4.71. The molecular weight excluding hydrogens is 556 g/mol. The molecule has 7 rings (SSSR count). The third kappa shape index (κ3) is 4.93. The van der Waals surface area contributed by atoms with Gasteiger partial charge in [-0.15, -0.1) is 0 Å². The van der Waals surface area contributed by atoms with Crippen molar-refractivity contribution in [2.75, 3.05) is 0 Å². The maximum absolute atomic E-state index is 12.6. The molecule has 0 fully saturated rings. The summed E-state index contributed by atoms with van der Waals surface area (Å²) < 4.78 is 9.90. The Morgan fingerprint density at radius 1 is 0.778 bits per heavy atom. The molecular formula is C39H40N4O2+2. The van der Waals surface area contributed by atoms with Gasteiger partial charge in [-0.25, -0.2) is 14.8 Å². The lowest BCUT2D eigenvalue weighted by Gasteiger charge is -2.30. The number of fused-ring (bicyclic) bond motifs is 6. The van der Waals surface area contributed by atoms with Gasteiger partial charge in [0.05, 0.1) is 22.9 Å². The highest BCUT2D eigenvalue weighted by atomic mass is 16.4. The van der Waals surface area contributed by atoms with Gasteiger partial charge in [0, 0.05) is 47.1 Å². The Kier molecular flexibility index (Phi) is 6.73. The Morgan fingerprint density at radius 2 is 1.42 bits per heavy atom. The van der Waals surface area contributed by atoms with Gasteiger partial charge in [-0.05, 0) is 47.5 Å². The van der Waals surface area contributed by atoms with Crippen LogP contribution in [0.25, 0.3) is 38.9 Å². The average molecular weight is 597 g/mol. The van der Waals surface area contributed by atoms with E-state index >= 15 is 0 Å². The van der Waals surface area contributed by atoms with Crippen molar-refractivity contribution in [3.05, 3.63) is 125 Å². The van der Waals surface area contributed by atoms with Crippen LogP contribution < -0.4 is 14.6 Å². The molecule has 6 heteroatoms. The monoisotopic (exact) mass is 596 g/mol. The van der Waals surface area contributed by atoms with Crippen LogP contribution in [0.5, 0.6) is 0 Å². The van der Waals surface area contributed by atoms with Gasteiger partial charge in [0.2, 0.25) is 11.4 Å². The summed E-state index contributed by atoms with van der Waals surface area (Å²) in [6.45, 7) is 15.6. The van der Waals surface area contributed by atoms with E-state index < -0.39 is 0 Å². The third-order valence-corrected chi connectivity index (χ3v) is 9.26. The summed E-state index contributed by atoms with van der Waals surface area (Å²) in [5.74, 6) is 0.866. The Bertz CT molecular complexity index is 2140. The molecule has 0 saturated heterocycles. The minimum Gasteiger partial charge on any atom is -0.420 e. The Balaban J connectivity index is 1.52. The van der Waals surface area contributed by atoms with Crippen molar-refractivity contribution in [2.45, 2.75) is 77.7 Å². The lowest BCUT2D eigenvalue weighted by atomic mass is 9.77. The van der Waals surface area contributed by atoms with Gasteiger partial charge in [-0.3, -0.25) is 0 Å². The first-order chi connectivity index (χ1) is 21.4. The summed E-state index contributed by atoms with van der Waals surface area (Å²) >= 11 is 0. The molecule has 45 heavy (non-hydrogen) atoms.